The van der Waals surface area contributed by atoms with E-state index in [1.54, 1.807) is 0 Å². The van der Waals surface area contributed by atoms with Crippen molar-refractivity contribution in [1.29, 1.82) is 0 Å². The largest absolute Gasteiger partial charge is 0.222 e. The Labute approximate surface area is 106 Å². The van der Waals surface area contributed by atoms with Gasteiger partial charge in [0.25, 0.3) is 0 Å². The Bertz CT molecular complexity index is 568. The summed E-state index contributed by atoms with van der Waals surface area (Å²) in [6.45, 7) is 4.19. The first-order valence-electron chi connectivity index (χ1n) is 5.98. The molecule has 2 aromatic rings. The van der Waals surface area contributed by atoms with Crippen molar-refractivity contribution in [3.05, 3.63) is 46.2 Å². The van der Waals surface area contributed by atoms with E-state index in [1.165, 1.54) is 24.0 Å². The molecular weight excluding hydrogens is 232 g/mol. The average Bonchev–Trinajstić information content (AvgIpc) is 3.04. The molecule has 1 heterocycles. The molecule has 2 nitrogen and oxygen atoms in total. The molecule has 88 valence electrons. The molecule has 0 radical (unpaired) electrons. The van der Waals surface area contributed by atoms with E-state index >= 15 is 0 Å². The van der Waals surface area contributed by atoms with E-state index in [0.29, 0.717) is 11.1 Å². The maximum absolute atomic E-state index is 6.26. The maximum Gasteiger partial charge on any atom is 0.133 e. The SMILES string of the molecule is Cc1ccc(-n2nc(C3CC3)cc2Cl)c(C)c1. The number of nitrogens with zero attached hydrogens (tertiary/aromatic N) is 2. The first kappa shape index (κ1) is 10.8. The number of halogens is 1. The van der Waals surface area contributed by atoms with E-state index in [2.05, 4.69) is 37.1 Å². The summed E-state index contributed by atoms with van der Waals surface area (Å²) in [5.74, 6) is 0.638. The number of hydrogen-bond donors (Lipinski definition) is 0. The Morgan fingerprint density at radius 2 is 2.00 bits per heavy atom. The third-order valence-corrected chi connectivity index (χ3v) is 3.53. The summed E-state index contributed by atoms with van der Waals surface area (Å²) in [4.78, 5) is 0. The zero-order valence-electron chi connectivity index (χ0n) is 10.1. The van der Waals surface area contributed by atoms with Gasteiger partial charge in [-0.05, 0) is 44.4 Å². The van der Waals surface area contributed by atoms with Crippen molar-refractivity contribution >= 4 is 11.6 Å². The van der Waals surface area contributed by atoms with E-state index in [9.17, 15) is 0 Å². The molecule has 0 spiro atoms. The van der Waals surface area contributed by atoms with E-state index in [0.717, 1.165) is 11.4 Å². The maximum atomic E-state index is 6.26. The van der Waals surface area contributed by atoms with E-state index in [4.69, 9.17) is 11.6 Å². The van der Waals surface area contributed by atoms with Gasteiger partial charge in [-0.25, -0.2) is 4.68 Å². The lowest BCUT2D eigenvalue weighted by molar-refractivity contribution is 0.832. The van der Waals surface area contributed by atoms with Gasteiger partial charge in [-0.1, -0.05) is 29.3 Å². The molecule has 1 aromatic carbocycles. The van der Waals surface area contributed by atoms with Crippen LogP contribution in [0.25, 0.3) is 5.69 Å². The fourth-order valence-corrected chi connectivity index (χ4v) is 2.41. The van der Waals surface area contributed by atoms with Crippen LogP contribution >= 0.6 is 11.6 Å². The van der Waals surface area contributed by atoms with Crippen molar-refractivity contribution in [2.75, 3.05) is 0 Å². The van der Waals surface area contributed by atoms with Crippen molar-refractivity contribution in [2.24, 2.45) is 0 Å². The van der Waals surface area contributed by atoms with Crippen LogP contribution in [0, 0.1) is 13.8 Å². The highest BCUT2D eigenvalue weighted by atomic mass is 35.5. The zero-order chi connectivity index (χ0) is 12.0. The van der Waals surface area contributed by atoms with Gasteiger partial charge in [0.05, 0.1) is 11.4 Å². The predicted molar refractivity (Wildman–Crippen MR) is 70.0 cm³/mol. The molecule has 1 aliphatic rings. The Morgan fingerprint density at radius 3 is 2.65 bits per heavy atom. The van der Waals surface area contributed by atoms with E-state index in [1.807, 2.05) is 10.7 Å². The first-order valence-corrected chi connectivity index (χ1v) is 6.36. The minimum Gasteiger partial charge on any atom is -0.222 e. The lowest BCUT2D eigenvalue weighted by Gasteiger charge is -2.07. The van der Waals surface area contributed by atoms with Crippen LogP contribution in [0.1, 0.15) is 35.6 Å². The predicted octanol–water partition coefficient (Wildman–Crippen LogP) is 4.02. The second kappa shape index (κ2) is 3.88. The van der Waals surface area contributed by atoms with Crippen LogP contribution in [-0.4, -0.2) is 9.78 Å². The number of hydrogen-bond acceptors (Lipinski definition) is 1. The van der Waals surface area contributed by atoms with Gasteiger partial charge in [0.1, 0.15) is 5.15 Å². The van der Waals surface area contributed by atoms with Gasteiger partial charge < -0.3 is 0 Å². The van der Waals surface area contributed by atoms with E-state index < -0.39 is 0 Å². The molecule has 17 heavy (non-hydrogen) atoms. The molecule has 1 aromatic heterocycles. The van der Waals surface area contributed by atoms with Gasteiger partial charge in [-0.15, -0.1) is 0 Å². The summed E-state index contributed by atoms with van der Waals surface area (Å²) in [5, 5.41) is 5.32. The number of rotatable bonds is 2. The summed E-state index contributed by atoms with van der Waals surface area (Å²) < 4.78 is 1.85. The highest BCUT2D eigenvalue weighted by molar-refractivity contribution is 6.29. The fourth-order valence-electron chi connectivity index (χ4n) is 2.17. The molecule has 0 amide bonds. The molecule has 3 rings (SSSR count). The Balaban J connectivity index is 2.07. The molecular formula is C14H15ClN2. The van der Waals surface area contributed by atoms with Crippen molar-refractivity contribution in [3.63, 3.8) is 0 Å². The van der Waals surface area contributed by atoms with Gasteiger partial charge in [0.15, 0.2) is 0 Å². The van der Waals surface area contributed by atoms with Crippen molar-refractivity contribution in [2.45, 2.75) is 32.6 Å². The summed E-state index contributed by atoms with van der Waals surface area (Å²) in [6.07, 6.45) is 2.50. The van der Waals surface area contributed by atoms with Gasteiger partial charge in [-0.3, -0.25) is 0 Å². The summed E-state index contributed by atoms with van der Waals surface area (Å²) >= 11 is 6.26. The third-order valence-electron chi connectivity index (χ3n) is 3.26. The Morgan fingerprint density at radius 1 is 1.24 bits per heavy atom. The molecule has 0 aliphatic heterocycles. The molecule has 0 unspecified atom stereocenters. The quantitative estimate of drug-likeness (QED) is 0.783. The monoisotopic (exact) mass is 246 g/mol. The summed E-state index contributed by atoms with van der Waals surface area (Å²) in [5.41, 5.74) is 4.68. The highest BCUT2D eigenvalue weighted by Gasteiger charge is 2.27. The van der Waals surface area contributed by atoms with Gasteiger partial charge >= 0.3 is 0 Å². The summed E-state index contributed by atoms with van der Waals surface area (Å²) in [7, 11) is 0. The number of aryl methyl sites for hydroxylation is 2. The molecule has 0 N–H and O–H groups in total. The minimum atomic E-state index is 0.638. The molecule has 1 fully saturated rings. The Hall–Kier alpha value is -1.28. The smallest absolute Gasteiger partial charge is 0.133 e. The van der Waals surface area contributed by atoms with Gasteiger partial charge in [0, 0.05) is 5.92 Å². The van der Waals surface area contributed by atoms with Gasteiger partial charge in [0.2, 0.25) is 0 Å². The van der Waals surface area contributed by atoms with Gasteiger partial charge in [-0.2, -0.15) is 5.10 Å². The van der Waals surface area contributed by atoms with Crippen molar-refractivity contribution in [3.8, 4) is 5.69 Å². The average molecular weight is 247 g/mol. The standard InChI is InChI=1S/C14H15ClN2/c1-9-3-6-13(10(2)7-9)17-14(15)8-12(16-17)11-4-5-11/h3,6-8,11H,4-5H2,1-2H3. The summed E-state index contributed by atoms with van der Waals surface area (Å²) in [6, 6.07) is 8.33. The van der Waals surface area contributed by atoms with Crippen LogP contribution in [0.2, 0.25) is 5.15 Å². The van der Waals surface area contributed by atoms with Crippen LogP contribution in [0.3, 0.4) is 0 Å². The molecule has 0 saturated heterocycles. The first-order chi connectivity index (χ1) is 8.15. The third kappa shape index (κ3) is 1.98. The molecule has 3 heteroatoms. The lowest BCUT2D eigenvalue weighted by Crippen LogP contribution is -2.00. The fraction of sp³-hybridized carbons (Fsp3) is 0.357. The Kier molecular flexibility index (Phi) is 2.48. The molecule has 1 aliphatic carbocycles. The van der Waals surface area contributed by atoms with Crippen LogP contribution in [0.15, 0.2) is 24.3 Å². The number of aromatic nitrogens is 2. The topological polar surface area (TPSA) is 17.8 Å². The second-order valence-corrected chi connectivity index (χ2v) is 5.26. The molecule has 1 saturated carbocycles. The van der Waals surface area contributed by atoms with Crippen LogP contribution in [0.4, 0.5) is 0 Å². The number of benzene rings is 1. The molecule has 0 bridgehead atoms. The zero-order valence-corrected chi connectivity index (χ0v) is 10.8. The van der Waals surface area contributed by atoms with Crippen molar-refractivity contribution < 1.29 is 0 Å². The normalized spacial score (nSPS) is 15.2. The second-order valence-electron chi connectivity index (χ2n) is 4.87. The van der Waals surface area contributed by atoms with Crippen LogP contribution in [-0.2, 0) is 0 Å². The van der Waals surface area contributed by atoms with Crippen LogP contribution in [0.5, 0.6) is 0 Å². The highest BCUT2D eigenvalue weighted by Crippen LogP contribution is 2.40. The van der Waals surface area contributed by atoms with Crippen molar-refractivity contribution in [1.82, 2.24) is 9.78 Å². The molecule has 0 atom stereocenters. The minimum absolute atomic E-state index is 0.638. The lowest BCUT2D eigenvalue weighted by atomic mass is 10.1. The van der Waals surface area contributed by atoms with E-state index in [-0.39, 0.29) is 0 Å². The van der Waals surface area contributed by atoms with Crippen LogP contribution < -0.4 is 0 Å².